The molecule has 0 bridgehead atoms. The van der Waals surface area contributed by atoms with E-state index in [0.29, 0.717) is 24.0 Å². The van der Waals surface area contributed by atoms with Crippen LogP contribution in [0.2, 0.25) is 0 Å². The Hall–Kier alpha value is -0.710. The third-order valence-electron chi connectivity index (χ3n) is 12.2. The minimum atomic E-state index is -0.432. The topological polar surface area (TPSA) is 70.1 Å². The lowest BCUT2D eigenvalue weighted by atomic mass is 9.36. The van der Waals surface area contributed by atoms with Crippen LogP contribution in [-0.2, 0) is 9.53 Å². The molecule has 0 aromatic carbocycles. The Morgan fingerprint density at radius 3 is 2.29 bits per heavy atom. The summed E-state index contributed by atoms with van der Waals surface area (Å²) in [6.45, 7) is 18.0. The molecule has 5 aliphatic rings. The van der Waals surface area contributed by atoms with Crippen molar-refractivity contribution in [2.45, 2.75) is 131 Å². The van der Waals surface area contributed by atoms with Crippen LogP contribution >= 0.6 is 0 Å². The summed E-state index contributed by atoms with van der Waals surface area (Å²) in [6.07, 6.45) is 6.59. The molecule has 34 heavy (non-hydrogen) atoms. The average Bonchev–Trinajstić information content (AvgIpc) is 3.23. The minimum Gasteiger partial charge on any atom is -0.392 e. The molecule has 1 heterocycles. The van der Waals surface area contributed by atoms with Gasteiger partial charge in [0.25, 0.3) is 0 Å². The lowest BCUT2D eigenvalue weighted by molar-refractivity contribution is -0.208. The Morgan fingerprint density at radius 2 is 1.68 bits per heavy atom. The molecule has 192 valence electrons. The number of Topliss-reactive ketones (excluding diaryl/α,β-unsaturated/α-hetero) is 1. The zero-order valence-electron chi connectivity index (χ0n) is 22.8. The van der Waals surface area contributed by atoms with Gasteiger partial charge < -0.3 is 14.9 Å². The second-order valence-corrected chi connectivity index (χ2v) is 14.6. The fourth-order valence-electron chi connectivity index (χ4n) is 10.1. The van der Waals surface area contributed by atoms with Crippen LogP contribution in [0.15, 0.2) is 11.1 Å². The Bertz CT molecular complexity index is 917. The number of fused-ring (bicyclic) bond motifs is 5. The molecule has 4 aliphatic carbocycles. The van der Waals surface area contributed by atoms with Crippen molar-refractivity contribution in [2.24, 2.45) is 39.4 Å². The highest BCUT2D eigenvalue weighted by atomic mass is 16.6. The maximum atomic E-state index is 12.9. The van der Waals surface area contributed by atoms with E-state index in [1.54, 1.807) is 0 Å². The second kappa shape index (κ2) is 7.42. The number of ether oxygens (including phenoxy) is 1. The standard InChI is InChI=1S/C30H48O4/c1-17(15-21(32)25-27(4,5)34-25)18-9-13-29(7)19(18)16-20(31)24-28(6)12-11-23(33)26(2,3)22(28)10-14-30(24,29)8/h17,20-22,24-25,31-32H,9-16H2,1-8H3/t17-,20+,21+,22?,24?,25-,28+,29?,30?/m1/s1. The maximum absolute atomic E-state index is 12.9. The van der Waals surface area contributed by atoms with Crippen molar-refractivity contribution >= 4 is 5.78 Å². The molecule has 4 nitrogen and oxygen atoms in total. The number of ketones is 1. The van der Waals surface area contributed by atoms with Gasteiger partial charge in [-0.05, 0) is 92.8 Å². The van der Waals surface area contributed by atoms with Gasteiger partial charge in [0, 0.05) is 11.8 Å². The number of allylic oxidation sites excluding steroid dienone is 1. The second-order valence-electron chi connectivity index (χ2n) is 14.6. The van der Waals surface area contributed by atoms with E-state index in [1.807, 2.05) is 0 Å². The molecular formula is C30H48O4. The Morgan fingerprint density at radius 1 is 1.03 bits per heavy atom. The number of hydrogen-bond acceptors (Lipinski definition) is 4. The van der Waals surface area contributed by atoms with E-state index in [2.05, 4.69) is 55.4 Å². The van der Waals surface area contributed by atoms with Crippen LogP contribution in [0.5, 0.6) is 0 Å². The minimum absolute atomic E-state index is 0.00216. The average molecular weight is 473 g/mol. The number of carbonyl (C=O) groups is 1. The van der Waals surface area contributed by atoms with Crippen molar-refractivity contribution < 1.29 is 19.7 Å². The van der Waals surface area contributed by atoms with Crippen LogP contribution in [0.1, 0.15) is 107 Å². The van der Waals surface area contributed by atoms with E-state index < -0.39 is 6.10 Å². The quantitative estimate of drug-likeness (QED) is 0.398. The Labute approximate surface area is 206 Å². The van der Waals surface area contributed by atoms with Crippen molar-refractivity contribution in [3.63, 3.8) is 0 Å². The number of aliphatic hydroxyl groups is 2. The van der Waals surface area contributed by atoms with Crippen LogP contribution in [0, 0.1) is 39.4 Å². The molecular weight excluding hydrogens is 424 g/mol. The molecule has 0 amide bonds. The first-order chi connectivity index (χ1) is 15.6. The van der Waals surface area contributed by atoms with Gasteiger partial charge in [-0.1, -0.05) is 52.7 Å². The lowest BCUT2D eigenvalue weighted by Gasteiger charge is -2.69. The summed E-state index contributed by atoms with van der Waals surface area (Å²) >= 11 is 0. The molecule has 2 N–H and O–H groups in total. The van der Waals surface area contributed by atoms with Crippen molar-refractivity contribution in [2.75, 3.05) is 0 Å². The molecule has 0 radical (unpaired) electrons. The van der Waals surface area contributed by atoms with E-state index in [-0.39, 0.29) is 45.4 Å². The molecule has 4 unspecified atom stereocenters. The monoisotopic (exact) mass is 472 g/mol. The fourth-order valence-corrected chi connectivity index (χ4v) is 10.1. The SMILES string of the molecule is C[C@H](C[C@H](O)[C@H]1OC1(C)C)C1=C2C[C@H](O)C3C(C)(CCC4C(C)(C)C(=O)CC[C@@]43C)C2(C)CC1. The van der Waals surface area contributed by atoms with E-state index in [9.17, 15) is 15.0 Å². The van der Waals surface area contributed by atoms with E-state index in [0.717, 1.165) is 44.9 Å². The first-order valence-corrected chi connectivity index (χ1v) is 13.9. The van der Waals surface area contributed by atoms with Crippen LogP contribution in [0.25, 0.3) is 0 Å². The first kappa shape index (κ1) is 25.0. The Kier molecular flexibility index (Phi) is 5.44. The van der Waals surface area contributed by atoms with Crippen LogP contribution in [-0.4, -0.2) is 39.9 Å². The van der Waals surface area contributed by atoms with Crippen molar-refractivity contribution in [1.29, 1.82) is 0 Å². The number of rotatable bonds is 4. The highest BCUT2D eigenvalue weighted by Crippen LogP contribution is 2.74. The molecule has 5 rings (SSSR count). The third kappa shape index (κ3) is 3.16. The highest BCUT2D eigenvalue weighted by Gasteiger charge is 2.69. The molecule has 1 saturated heterocycles. The number of epoxide rings is 1. The summed E-state index contributed by atoms with van der Waals surface area (Å²) in [6, 6.07) is 0. The summed E-state index contributed by atoms with van der Waals surface area (Å²) in [7, 11) is 0. The fraction of sp³-hybridized carbons (Fsp3) is 0.900. The van der Waals surface area contributed by atoms with Gasteiger partial charge in [0.2, 0.25) is 0 Å². The van der Waals surface area contributed by atoms with Gasteiger partial charge in [0.05, 0.1) is 17.8 Å². The molecule has 9 atom stereocenters. The van der Waals surface area contributed by atoms with Gasteiger partial charge in [-0.15, -0.1) is 0 Å². The Balaban J connectivity index is 1.47. The molecule has 3 saturated carbocycles. The lowest BCUT2D eigenvalue weighted by Crippen LogP contribution is -2.65. The van der Waals surface area contributed by atoms with Crippen molar-refractivity contribution in [3.8, 4) is 0 Å². The number of aliphatic hydroxyl groups excluding tert-OH is 2. The van der Waals surface area contributed by atoms with Crippen LogP contribution in [0.3, 0.4) is 0 Å². The summed E-state index contributed by atoms with van der Waals surface area (Å²) in [5.41, 5.74) is 2.59. The van der Waals surface area contributed by atoms with Gasteiger partial charge in [-0.3, -0.25) is 4.79 Å². The molecule has 0 aromatic heterocycles. The van der Waals surface area contributed by atoms with E-state index in [1.165, 1.54) is 11.1 Å². The smallest absolute Gasteiger partial charge is 0.138 e. The summed E-state index contributed by atoms with van der Waals surface area (Å²) in [4.78, 5) is 12.9. The van der Waals surface area contributed by atoms with Gasteiger partial charge in [-0.2, -0.15) is 0 Å². The summed E-state index contributed by atoms with van der Waals surface area (Å²) in [5.74, 6) is 1.28. The zero-order chi connectivity index (χ0) is 25.1. The third-order valence-corrected chi connectivity index (χ3v) is 12.2. The van der Waals surface area contributed by atoms with Gasteiger partial charge >= 0.3 is 0 Å². The van der Waals surface area contributed by atoms with E-state index in [4.69, 9.17) is 4.74 Å². The molecule has 1 aliphatic heterocycles. The number of carbonyl (C=O) groups excluding carboxylic acids is 1. The number of hydrogen-bond donors (Lipinski definition) is 2. The van der Waals surface area contributed by atoms with Gasteiger partial charge in [0.1, 0.15) is 11.9 Å². The normalized spacial score (nSPS) is 48.6. The van der Waals surface area contributed by atoms with E-state index >= 15 is 0 Å². The van der Waals surface area contributed by atoms with Crippen molar-refractivity contribution in [3.05, 3.63) is 11.1 Å². The van der Waals surface area contributed by atoms with Gasteiger partial charge in [-0.25, -0.2) is 0 Å². The predicted molar refractivity (Wildman–Crippen MR) is 134 cm³/mol. The van der Waals surface area contributed by atoms with Crippen LogP contribution in [0.4, 0.5) is 0 Å². The molecule has 0 spiro atoms. The largest absolute Gasteiger partial charge is 0.392 e. The predicted octanol–water partition coefficient (Wildman–Crippen LogP) is 5.84. The molecule has 4 fully saturated rings. The molecule has 0 aromatic rings. The maximum Gasteiger partial charge on any atom is 0.138 e. The zero-order valence-corrected chi connectivity index (χ0v) is 22.8. The highest BCUT2D eigenvalue weighted by molar-refractivity contribution is 5.85. The summed E-state index contributed by atoms with van der Waals surface area (Å²) < 4.78 is 5.72. The van der Waals surface area contributed by atoms with Gasteiger partial charge in [0.15, 0.2) is 0 Å². The first-order valence-electron chi connectivity index (χ1n) is 13.9. The van der Waals surface area contributed by atoms with Crippen molar-refractivity contribution in [1.82, 2.24) is 0 Å². The van der Waals surface area contributed by atoms with Crippen LogP contribution < -0.4 is 0 Å². The molecule has 4 heteroatoms. The summed E-state index contributed by atoms with van der Waals surface area (Å²) in [5, 5.41) is 22.6.